The molecule has 4 heteroatoms. The highest BCUT2D eigenvalue weighted by atomic mass is 15.1. The van der Waals surface area contributed by atoms with Gasteiger partial charge in [0.15, 0.2) is 0 Å². The third kappa shape index (κ3) is 5.49. The van der Waals surface area contributed by atoms with Gasteiger partial charge in [0.2, 0.25) is 0 Å². The van der Waals surface area contributed by atoms with Gasteiger partial charge < -0.3 is 21.3 Å². The monoisotopic (exact) mass is 172 g/mol. The molecule has 1 heterocycles. The third-order valence-corrected chi connectivity index (χ3v) is 1.91. The Morgan fingerprint density at radius 3 is 1.83 bits per heavy atom. The molecule has 0 unspecified atom stereocenters. The van der Waals surface area contributed by atoms with E-state index in [-0.39, 0.29) is 0 Å². The Bertz CT molecular complexity index is 54.0. The molecular formula is C8H20N4. The summed E-state index contributed by atoms with van der Waals surface area (Å²) in [5.74, 6) is 0. The lowest BCUT2D eigenvalue weighted by Crippen LogP contribution is -2.38. The zero-order valence-electron chi connectivity index (χ0n) is 7.66. The van der Waals surface area contributed by atoms with Gasteiger partial charge in [-0.2, -0.15) is 0 Å². The number of hydrogen-bond donors (Lipinski definition) is 4. The molecule has 0 aromatic rings. The maximum atomic E-state index is 3.38. The van der Waals surface area contributed by atoms with Gasteiger partial charge in [-0.1, -0.05) is 0 Å². The van der Waals surface area contributed by atoms with Crippen molar-refractivity contribution >= 4 is 0 Å². The highest BCUT2D eigenvalue weighted by Crippen LogP contribution is 1.73. The Morgan fingerprint density at radius 2 is 1.00 bits per heavy atom. The van der Waals surface area contributed by atoms with Crippen molar-refractivity contribution in [2.45, 2.75) is 6.42 Å². The van der Waals surface area contributed by atoms with Gasteiger partial charge in [-0.15, -0.1) is 0 Å². The minimum absolute atomic E-state index is 0.932. The lowest BCUT2D eigenvalue weighted by atomic mass is 10.4. The molecular weight excluding hydrogens is 152 g/mol. The van der Waals surface area contributed by atoms with Crippen molar-refractivity contribution in [3.8, 4) is 0 Å². The van der Waals surface area contributed by atoms with Crippen molar-refractivity contribution in [1.29, 1.82) is 0 Å². The molecule has 0 bridgehead atoms. The van der Waals surface area contributed by atoms with Crippen molar-refractivity contribution < 1.29 is 0 Å². The third-order valence-electron chi connectivity index (χ3n) is 1.91. The van der Waals surface area contributed by atoms with Crippen molar-refractivity contribution in [3.05, 3.63) is 0 Å². The fourth-order valence-electron chi connectivity index (χ4n) is 1.21. The summed E-state index contributed by atoms with van der Waals surface area (Å²) in [6.07, 6.45) is 1.21. The average molecular weight is 172 g/mol. The number of rotatable bonds is 0. The van der Waals surface area contributed by atoms with Crippen LogP contribution in [0.25, 0.3) is 0 Å². The van der Waals surface area contributed by atoms with E-state index in [2.05, 4.69) is 21.3 Å². The Kier molecular flexibility index (Phi) is 6.19. The minimum Gasteiger partial charge on any atom is -0.315 e. The molecule has 1 aliphatic rings. The summed E-state index contributed by atoms with van der Waals surface area (Å²) >= 11 is 0. The highest BCUT2D eigenvalue weighted by molar-refractivity contribution is 4.57. The van der Waals surface area contributed by atoms with E-state index in [9.17, 15) is 0 Å². The molecule has 0 spiro atoms. The summed E-state index contributed by atoms with van der Waals surface area (Å²) in [5, 5.41) is 13.4. The van der Waals surface area contributed by atoms with E-state index in [0.29, 0.717) is 0 Å². The first-order valence-corrected chi connectivity index (χ1v) is 4.83. The summed E-state index contributed by atoms with van der Waals surface area (Å²) in [4.78, 5) is 0. The molecule has 4 N–H and O–H groups in total. The SMILES string of the molecule is C1CNCCNCCNCNC1. The van der Waals surface area contributed by atoms with Crippen LogP contribution >= 0.6 is 0 Å². The summed E-state index contributed by atoms with van der Waals surface area (Å²) in [6.45, 7) is 7.43. The predicted molar refractivity (Wildman–Crippen MR) is 51.2 cm³/mol. The zero-order valence-corrected chi connectivity index (χ0v) is 7.66. The molecule has 0 aromatic heterocycles. The van der Waals surface area contributed by atoms with Crippen LogP contribution in [0.1, 0.15) is 6.42 Å². The maximum absolute atomic E-state index is 3.38. The highest BCUT2D eigenvalue weighted by Gasteiger charge is 1.92. The van der Waals surface area contributed by atoms with Crippen molar-refractivity contribution in [2.75, 3.05) is 45.9 Å². The Balaban J connectivity index is 2.00. The molecule has 4 nitrogen and oxygen atoms in total. The Labute approximate surface area is 74.5 Å². The van der Waals surface area contributed by atoms with Gasteiger partial charge in [-0.05, 0) is 19.5 Å². The van der Waals surface area contributed by atoms with Crippen LogP contribution < -0.4 is 21.3 Å². The van der Waals surface area contributed by atoms with Crippen molar-refractivity contribution in [2.24, 2.45) is 0 Å². The molecule has 72 valence electrons. The molecule has 0 aromatic carbocycles. The molecule has 1 saturated heterocycles. The minimum atomic E-state index is 0.932. The van der Waals surface area contributed by atoms with Gasteiger partial charge in [0, 0.05) is 32.8 Å². The van der Waals surface area contributed by atoms with Gasteiger partial charge in [-0.25, -0.2) is 0 Å². The van der Waals surface area contributed by atoms with E-state index in [4.69, 9.17) is 0 Å². The van der Waals surface area contributed by atoms with Crippen LogP contribution in [0.2, 0.25) is 0 Å². The summed E-state index contributed by atoms with van der Waals surface area (Å²) in [6, 6.07) is 0. The molecule has 0 saturated carbocycles. The number of nitrogens with one attached hydrogen (secondary N) is 4. The van der Waals surface area contributed by atoms with Crippen LogP contribution in [0.3, 0.4) is 0 Å². The van der Waals surface area contributed by atoms with Crippen molar-refractivity contribution in [3.63, 3.8) is 0 Å². The first-order valence-electron chi connectivity index (χ1n) is 4.83. The van der Waals surface area contributed by atoms with Crippen LogP contribution in [0.4, 0.5) is 0 Å². The predicted octanol–water partition coefficient (Wildman–Crippen LogP) is -1.29. The second-order valence-electron chi connectivity index (χ2n) is 3.03. The quantitative estimate of drug-likeness (QED) is 0.367. The van der Waals surface area contributed by atoms with Crippen molar-refractivity contribution in [1.82, 2.24) is 21.3 Å². The van der Waals surface area contributed by atoms with E-state index < -0.39 is 0 Å². The molecule has 0 amide bonds. The van der Waals surface area contributed by atoms with Crippen LogP contribution in [-0.4, -0.2) is 45.9 Å². The Hall–Kier alpha value is -0.160. The first-order chi connectivity index (χ1) is 6.00. The van der Waals surface area contributed by atoms with Crippen LogP contribution in [0, 0.1) is 0 Å². The first kappa shape index (κ1) is 9.92. The molecule has 1 rings (SSSR count). The fraction of sp³-hybridized carbons (Fsp3) is 1.00. The van der Waals surface area contributed by atoms with Gasteiger partial charge in [0.05, 0.1) is 0 Å². The van der Waals surface area contributed by atoms with E-state index in [0.717, 1.165) is 45.9 Å². The standard InChI is InChI=1S/C8H20N4/c1-2-9-4-5-10-6-7-12-8-11-3-1/h9-12H,1-8H2. The summed E-state index contributed by atoms with van der Waals surface area (Å²) < 4.78 is 0. The summed E-state index contributed by atoms with van der Waals surface area (Å²) in [5.41, 5.74) is 0. The maximum Gasteiger partial charge on any atom is 0.0454 e. The molecule has 1 fully saturated rings. The topological polar surface area (TPSA) is 48.1 Å². The molecule has 0 atom stereocenters. The smallest absolute Gasteiger partial charge is 0.0454 e. The lowest BCUT2D eigenvalue weighted by Gasteiger charge is -2.11. The molecule has 12 heavy (non-hydrogen) atoms. The second kappa shape index (κ2) is 7.49. The average Bonchev–Trinajstić information content (AvgIpc) is 2.05. The van der Waals surface area contributed by atoms with Crippen LogP contribution in [0.5, 0.6) is 0 Å². The number of hydrogen-bond acceptors (Lipinski definition) is 4. The zero-order chi connectivity index (χ0) is 8.49. The van der Waals surface area contributed by atoms with E-state index >= 15 is 0 Å². The summed E-state index contributed by atoms with van der Waals surface area (Å²) in [7, 11) is 0. The van der Waals surface area contributed by atoms with Gasteiger partial charge in [0.1, 0.15) is 0 Å². The van der Waals surface area contributed by atoms with Crippen LogP contribution in [-0.2, 0) is 0 Å². The normalized spacial score (nSPS) is 24.0. The Morgan fingerprint density at radius 1 is 0.500 bits per heavy atom. The van der Waals surface area contributed by atoms with Gasteiger partial charge in [-0.3, -0.25) is 0 Å². The molecule has 0 radical (unpaired) electrons. The molecule has 0 aliphatic carbocycles. The largest absolute Gasteiger partial charge is 0.315 e. The second-order valence-corrected chi connectivity index (χ2v) is 3.03. The van der Waals surface area contributed by atoms with E-state index in [1.54, 1.807) is 0 Å². The van der Waals surface area contributed by atoms with Gasteiger partial charge >= 0.3 is 0 Å². The van der Waals surface area contributed by atoms with Gasteiger partial charge in [0.25, 0.3) is 0 Å². The van der Waals surface area contributed by atoms with Crippen LogP contribution in [0.15, 0.2) is 0 Å². The fourth-order valence-corrected chi connectivity index (χ4v) is 1.21. The van der Waals surface area contributed by atoms with E-state index in [1.165, 1.54) is 6.42 Å². The van der Waals surface area contributed by atoms with E-state index in [1.807, 2.05) is 0 Å². The molecule has 1 aliphatic heterocycles. The lowest BCUT2D eigenvalue weighted by molar-refractivity contribution is 0.513.